The lowest BCUT2D eigenvalue weighted by molar-refractivity contribution is 0.664. The number of aromatic nitrogens is 6. The topological polar surface area (TPSA) is 81.4 Å². The van der Waals surface area contributed by atoms with Crippen LogP contribution in [0.3, 0.4) is 0 Å². The van der Waals surface area contributed by atoms with Crippen LogP contribution in [0.15, 0.2) is 5.16 Å². The molecule has 0 aliphatic rings. The number of rotatable bonds is 4. The van der Waals surface area contributed by atoms with E-state index in [1.807, 2.05) is 7.05 Å². The third-order valence-corrected chi connectivity index (χ3v) is 3.51. The normalized spacial score (nSPS) is 10.5. The van der Waals surface area contributed by atoms with Gasteiger partial charge in [-0.3, -0.25) is 0 Å². The van der Waals surface area contributed by atoms with E-state index >= 15 is 0 Å². The molecular formula is C6H9N7S2. The van der Waals surface area contributed by atoms with Crippen molar-refractivity contribution in [2.24, 2.45) is 7.05 Å². The van der Waals surface area contributed by atoms with Crippen molar-refractivity contribution in [1.29, 1.82) is 0 Å². The zero-order valence-electron chi connectivity index (χ0n) is 8.21. The summed E-state index contributed by atoms with van der Waals surface area (Å²) in [5.41, 5.74) is 0.926. The van der Waals surface area contributed by atoms with Crippen LogP contribution in [0.25, 0.3) is 0 Å². The summed E-state index contributed by atoms with van der Waals surface area (Å²) in [5.74, 6) is 0.709. The third-order valence-electron chi connectivity index (χ3n) is 1.70. The molecule has 0 saturated heterocycles. The second-order valence-corrected chi connectivity index (χ2v) is 4.37. The zero-order chi connectivity index (χ0) is 10.7. The fourth-order valence-electron chi connectivity index (χ4n) is 0.969. The molecule has 0 aliphatic carbocycles. The minimum absolute atomic E-state index is 0.709. The van der Waals surface area contributed by atoms with Crippen molar-refractivity contribution in [3.8, 4) is 0 Å². The monoisotopic (exact) mass is 243 g/mol. The number of aryl methyl sites for hydroxylation is 1. The highest BCUT2D eigenvalue weighted by Gasteiger charge is 2.09. The number of tetrazole rings is 1. The lowest BCUT2D eigenvalue weighted by atomic mass is 10.5. The molecule has 0 spiro atoms. The van der Waals surface area contributed by atoms with Gasteiger partial charge in [-0.1, -0.05) is 16.3 Å². The van der Waals surface area contributed by atoms with Crippen molar-refractivity contribution in [3.63, 3.8) is 0 Å². The molecule has 0 unspecified atom stereocenters. The molecule has 80 valence electrons. The first-order chi connectivity index (χ1) is 7.31. The van der Waals surface area contributed by atoms with Crippen molar-refractivity contribution in [1.82, 2.24) is 29.8 Å². The van der Waals surface area contributed by atoms with Crippen LogP contribution in [0.5, 0.6) is 0 Å². The summed E-state index contributed by atoms with van der Waals surface area (Å²) >= 11 is 2.88. The van der Waals surface area contributed by atoms with E-state index in [-0.39, 0.29) is 0 Å². The van der Waals surface area contributed by atoms with Gasteiger partial charge < -0.3 is 5.32 Å². The molecule has 0 aliphatic heterocycles. The first-order valence-electron chi connectivity index (χ1n) is 4.15. The van der Waals surface area contributed by atoms with Crippen LogP contribution in [0.4, 0.5) is 5.00 Å². The molecule has 2 heterocycles. The summed E-state index contributed by atoms with van der Waals surface area (Å²) in [5, 5.41) is 20.0. The molecule has 0 fully saturated rings. The molecule has 1 N–H and O–H groups in total. The maximum atomic E-state index is 4.02. The lowest BCUT2D eigenvalue weighted by Crippen LogP contribution is -1.95. The van der Waals surface area contributed by atoms with Crippen LogP contribution in [0, 0.1) is 0 Å². The Morgan fingerprint density at radius 2 is 2.33 bits per heavy atom. The number of nitrogens with one attached hydrogen (secondary N) is 1. The fourth-order valence-corrected chi connectivity index (χ4v) is 2.38. The summed E-state index contributed by atoms with van der Waals surface area (Å²) < 4.78 is 5.50. The Morgan fingerprint density at radius 1 is 1.47 bits per heavy atom. The smallest absolute Gasteiger partial charge is 0.209 e. The Labute approximate surface area is 94.4 Å². The quantitative estimate of drug-likeness (QED) is 0.778. The van der Waals surface area contributed by atoms with Crippen molar-refractivity contribution >= 4 is 28.3 Å². The minimum atomic E-state index is 0.709. The SMILES string of the molecule is CNc1snnc1CSc1nnnn1C. The molecular weight excluding hydrogens is 234 g/mol. The molecule has 9 heteroatoms. The molecule has 2 aromatic heterocycles. The Hall–Kier alpha value is -1.22. The average molecular weight is 243 g/mol. The van der Waals surface area contributed by atoms with Gasteiger partial charge in [-0.05, 0) is 10.4 Å². The number of anilines is 1. The van der Waals surface area contributed by atoms with Crippen LogP contribution in [-0.4, -0.2) is 36.8 Å². The fraction of sp³-hybridized carbons (Fsp3) is 0.500. The predicted molar refractivity (Wildman–Crippen MR) is 57.8 cm³/mol. The van der Waals surface area contributed by atoms with Crippen molar-refractivity contribution in [3.05, 3.63) is 5.69 Å². The van der Waals surface area contributed by atoms with E-state index in [1.165, 1.54) is 23.3 Å². The molecule has 0 aromatic carbocycles. The third kappa shape index (κ3) is 2.23. The molecule has 15 heavy (non-hydrogen) atoms. The van der Waals surface area contributed by atoms with Gasteiger partial charge in [-0.2, -0.15) is 0 Å². The van der Waals surface area contributed by atoms with Gasteiger partial charge in [-0.25, -0.2) is 4.68 Å². The summed E-state index contributed by atoms with van der Waals surface area (Å²) in [6.45, 7) is 0. The Balaban J connectivity index is 2.02. The van der Waals surface area contributed by atoms with Crippen LogP contribution in [0.2, 0.25) is 0 Å². The predicted octanol–water partition coefficient (Wildman–Crippen LogP) is 0.396. The molecule has 0 radical (unpaired) electrons. The highest BCUT2D eigenvalue weighted by atomic mass is 32.2. The second kappa shape index (κ2) is 4.53. The molecule has 2 rings (SSSR count). The van der Waals surface area contributed by atoms with Crippen molar-refractivity contribution in [2.75, 3.05) is 12.4 Å². The van der Waals surface area contributed by atoms with E-state index in [2.05, 4.69) is 30.4 Å². The van der Waals surface area contributed by atoms with E-state index in [0.717, 1.165) is 15.9 Å². The molecule has 0 atom stereocenters. The first-order valence-corrected chi connectivity index (χ1v) is 5.91. The number of thioether (sulfide) groups is 1. The first kappa shape index (κ1) is 10.3. The Kier molecular flexibility index (Phi) is 3.11. The van der Waals surface area contributed by atoms with Gasteiger partial charge in [0.2, 0.25) is 5.16 Å². The summed E-state index contributed by atoms with van der Waals surface area (Å²) in [6, 6.07) is 0. The van der Waals surface area contributed by atoms with Crippen molar-refractivity contribution < 1.29 is 0 Å². The summed E-state index contributed by atoms with van der Waals surface area (Å²) in [6.07, 6.45) is 0. The van der Waals surface area contributed by atoms with Crippen LogP contribution >= 0.6 is 23.3 Å². The van der Waals surface area contributed by atoms with Gasteiger partial charge in [0.05, 0.1) is 0 Å². The summed E-state index contributed by atoms with van der Waals surface area (Å²) in [4.78, 5) is 0. The zero-order valence-corrected chi connectivity index (χ0v) is 9.84. The van der Waals surface area contributed by atoms with Crippen LogP contribution in [0.1, 0.15) is 5.69 Å². The van der Waals surface area contributed by atoms with Crippen LogP contribution in [-0.2, 0) is 12.8 Å². The second-order valence-electron chi connectivity index (χ2n) is 2.67. The van der Waals surface area contributed by atoms with Gasteiger partial charge >= 0.3 is 0 Å². The molecule has 0 saturated carbocycles. The number of nitrogens with zero attached hydrogens (tertiary/aromatic N) is 6. The number of hydrogen-bond acceptors (Lipinski definition) is 8. The summed E-state index contributed by atoms with van der Waals surface area (Å²) in [7, 11) is 3.66. The van der Waals surface area contributed by atoms with Gasteiger partial charge in [0, 0.05) is 31.4 Å². The van der Waals surface area contributed by atoms with Gasteiger partial charge in [-0.15, -0.1) is 10.2 Å². The van der Waals surface area contributed by atoms with Crippen LogP contribution < -0.4 is 5.32 Å². The molecule has 0 bridgehead atoms. The number of hydrogen-bond donors (Lipinski definition) is 1. The van der Waals surface area contributed by atoms with Gasteiger partial charge in [0.15, 0.2) is 0 Å². The Bertz CT molecular complexity index is 436. The van der Waals surface area contributed by atoms with Crippen molar-refractivity contribution in [2.45, 2.75) is 10.9 Å². The largest absolute Gasteiger partial charge is 0.377 e. The van der Waals surface area contributed by atoms with E-state index < -0.39 is 0 Å². The van der Waals surface area contributed by atoms with E-state index in [9.17, 15) is 0 Å². The standard InChI is InChI=1S/C6H9N7S2/c1-7-5-4(8-12-15-5)3-14-6-9-10-11-13(6)2/h7H,3H2,1-2H3. The maximum Gasteiger partial charge on any atom is 0.209 e. The minimum Gasteiger partial charge on any atom is -0.377 e. The highest BCUT2D eigenvalue weighted by Crippen LogP contribution is 2.24. The maximum absolute atomic E-state index is 4.02. The lowest BCUT2D eigenvalue weighted by Gasteiger charge is -1.98. The van der Waals surface area contributed by atoms with E-state index in [0.29, 0.717) is 5.75 Å². The van der Waals surface area contributed by atoms with Gasteiger partial charge in [0.1, 0.15) is 10.7 Å². The molecule has 0 amide bonds. The van der Waals surface area contributed by atoms with E-state index in [1.54, 1.807) is 11.7 Å². The average Bonchev–Trinajstić information content (AvgIpc) is 2.83. The Morgan fingerprint density at radius 3 is 3.00 bits per heavy atom. The molecule has 7 nitrogen and oxygen atoms in total. The molecule has 2 aromatic rings. The van der Waals surface area contributed by atoms with E-state index in [4.69, 9.17) is 0 Å². The highest BCUT2D eigenvalue weighted by molar-refractivity contribution is 7.98. The van der Waals surface area contributed by atoms with Gasteiger partial charge in [0.25, 0.3) is 0 Å².